The summed E-state index contributed by atoms with van der Waals surface area (Å²) in [6, 6.07) is 3.17. The van der Waals surface area contributed by atoms with E-state index in [9.17, 15) is 9.59 Å². The van der Waals surface area contributed by atoms with E-state index in [1.54, 1.807) is 12.1 Å². The first kappa shape index (κ1) is 10.2. The summed E-state index contributed by atoms with van der Waals surface area (Å²) < 4.78 is 0. The molecule has 76 valence electrons. The third-order valence-electron chi connectivity index (χ3n) is 2.10. The van der Waals surface area contributed by atoms with Crippen molar-refractivity contribution in [3.63, 3.8) is 0 Å². The van der Waals surface area contributed by atoms with Gasteiger partial charge in [0.1, 0.15) is 0 Å². The topological polar surface area (TPSA) is 49.9 Å². The Morgan fingerprint density at radius 2 is 1.93 bits per heavy atom. The number of halogens is 2. The normalized spacial score (nSPS) is 10.5. The van der Waals surface area contributed by atoms with E-state index >= 15 is 0 Å². The number of nitrogens with one attached hydrogen (secondary N) is 1. The van der Waals surface area contributed by atoms with E-state index in [1.807, 2.05) is 0 Å². The highest BCUT2D eigenvalue weighted by atomic mass is 35.5. The molecule has 3 nitrogen and oxygen atoms in total. The van der Waals surface area contributed by atoms with Crippen molar-refractivity contribution >= 4 is 46.2 Å². The van der Waals surface area contributed by atoms with Crippen LogP contribution in [0.5, 0.6) is 0 Å². The second-order valence-corrected chi connectivity index (χ2v) is 3.81. The summed E-state index contributed by atoms with van der Waals surface area (Å²) in [6.45, 7) is 0. The SMILES string of the molecule is O=CC(=O)c1c[nH]c2cc(Cl)c(Cl)cc12. The molecule has 0 aliphatic carbocycles. The number of rotatable bonds is 2. The Morgan fingerprint density at radius 1 is 1.27 bits per heavy atom. The maximum absolute atomic E-state index is 11.2. The van der Waals surface area contributed by atoms with Gasteiger partial charge in [-0.25, -0.2) is 0 Å². The van der Waals surface area contributed by atoms with Crippen LogP contribution in [0.3, 0.4) is 0 Å². The van der Waals surface area contributed by atoms with Crippen molar-refractivity contribution in [3.8, 4) is 0 Å². The number of carbonyl (C=O) groups is 2. The van der Waals surface area contributed by atoms with Crippen molar-refractivity contribution in [2.24, 2.45) is 0 Å². The average Bonchev–Trinajstić information content (AvgIpc) is 2.61. The Hall–Kier alpha value is -1.32. The number of hydrogen-bond donors (Lipinski definition) is 1. The van der Waals surface area contributed by atoms with Crippen molar-refractivity contribution in [2.45, 2.75) is 0 Å². The molecule has 0 radical (unpaired) electrons. The van der Waals surface area contributed by atoms with Crippen LogP contribution in [0.1, 0.15) is 10.4 Å². The minimum Gasteiger partial charge on any atom is -0.360 e. The molecule has 0 aliphatic heterocycles. The summed E-state index contributed by atoms with van der Waals surface area (Å²) in [5.41, 5.74) is 0.980. The van der Waals surface area contributed by atoms with Crippen LogP contribution in [0.25, 0.3) is 10.9 Å². The molecule has 1 aromatic carbocycles. The number of ketones is 1. The number of carbonyl (C=O) groups excluding carboxylic acids is 2. The molecule has 1 N–H and O–H groups in total. The van der Waals surface area contributed by atoms with Crippen LogP contribution in [-0.2, 0) is 4.79 Å². The lowest BCUT2D eigenvalue weighted by molar-refractivity contribution is -0.104. The van der Waals surface area contributed by atoms with Gasteiger partial charge in [0.05, 0.1) is 15.6 Å². The van der Waals surface area contributed by atoms with Gasteiger partial charge in [-0.15, -0.1) is 0 Å². The van der Waals surface area contributed by atoms with Gasteiger partial charge in [-0.05, 0) is 12.1 Å². The van der Waals surface area contributed by atoms with Gasteiger partial charge in [-0.2, -0.15) is 0 Å². The Bertz CT molecular complexity index is 560. The maximum Gasteiger partial charge on any atom is 0.227 e. The number of hydrogen-bond acceptors (Lipinski definition) is 2. The highest BCUT2D eigenvalue weighted by molar-refractivity contribution is 6.43. The first-order valence-corrected chi connectivity index (χ1v) is 4.84. The summed E-state index contributed by atoms with van der Waals surface area (Å²) in [5.74, 6) is -0.584. The monoisotopic (exact) mass is 241 g/mol. The number of H-pyrrole nitrogens is 1. The molecule has 15 heavy (non-hydrogen) atoms. The number of aldehydes is 1. The molecule has 0 amide bonds. The summed E-state index contributed by atoms with van der Waals surface area (Å²) in [4.78, 5) is 24.4. The molecule has 0 fully saturated rings. The van der Waals surface area contributed by atoms with Crippen LogP contribution in [0.15, 0.2) is 18.3 Å². The Kier molecular flexibility index (Phi) is 2.50. The van der Waals surface area contributed by atoms with Gasteiger partial charge in [0.2, 0.25) is 5.78 Å². The van der Waals surface area contributed by atoms with E-state index in [0.29, 0.717) is 26.5 Å². The summed E-state index contributed by atoms with van der Waals surface area (Å²) in [7, 11) is 0. The van der Waals surface area contributed by atoms with Crippen LogP contribution in [0.4, 0.5) is 0 Å². The average molecular weight is 242 g/mol. The van der Waals surface area contributed by atoms with E-state index in [2.05, 4.69) is 4.98 Å². The van der Waals surface area contributed by atoms with Gasteiger partial charge in [-0.1, -0.05) is 23.2 Å². The first-order chi connectivity index (χ1) is 7.13. The van der Waals surface area contributed by atoms with Crippen molar-refractivity contribution in [1.82, 2.24) is 4.98 Å². The molecular weight excluding hydrogens is 237 g/mol. The molecule has 0 saturated carbocycles. The van der Waals surface area contributed by atoms with E-state index in [-0.39, 0.29) is 6.29 Å². The zero-order valence-electron chi connectivity index (χ0n) is 7.38. The minimum absolute atomic E-state index is 0.269. The molecule has 1 aromatic heterocycles. The zero-order chi connectivity index (χ0) is 11.0. The summed E-state index contributed by atoms with van der Waals surface area (Å²) in [5, 5.41) is 1.35. The quantitative estimate of drug-likeness (QED) is 0.500. The largest absolute Gasteiger partial charge is 0.360 e. The molecule has 2 aromatic rings. The maximum atomic E-state index is 11.2. The number of Topliss-reactive ketones (excluding diaryl/α,β-unsaturated/α-hetero) is 1. The number of benzene rings is 1. The predicted octanol–water partition coefficient (Wildman–Crippen LogP) is 2.86. The lowest BCUT2D eigenvalue weighted by Gasteiger charge is -1.96. The third kappa shape index (κ3) is 1.64. The fourth-order valence-electron chi connectivity index (χ4n) is 1.38. The van der Waals surface area contributed by atoms with E-state index in [1.165, 1.54) is 6.20 Å². The highest BCUT2D eigenvalue weighted by Crippen LogP contribution is 2.29. The second-order valence-electron chi connectivity index (χ2n) is 3.00. The predicted molar refractivity (Wildman–Crippen MR) is 58.7 cm³/mol. The molecule has 0 aliphatic rings. The minimum atomic E-state index is -0.584. The van der Waals surface area contributed by atoms with E-state index in [4.69, 9.17) is 23.2 Å². The molecule has 0 saturated heterocycles. The zero-order valence-corrected chi connectivity index (χ0v) is 8.89. The highest BCUT2D eigenvalue weighted by Gasteiger charge is 2.12. The number of aromatic nitrogens is 1. The Morgan fingerprint density at radius 3 is 2.60 bits per heavy atom. The van der Waals surface area contributed by atoms with Crippen LogP contribution >= 0.6 is 23.2 Å². The van der Waals surface area contributed by atoms with Crippen molar-refractivity contribution in [3.05, 3.63) is 33.9 Å². The molecule has 0 spiro atoms. The lowest BCUT2D eigenvalue weighted by Crippen LogP contribution is -1.97. The van der Waals surface area contributed by atoms with Crippen molar-refractivity contribution < 1.29 is 9.59 Å². The van der Waals surface area contributed by atoms with Gasteiger partial charge in [0, 0.05) is 17.1 Å². The van der Waals surface area contributed by atoms with Gasteiger partial charge >= 0.3 is 0 Å². The fraction of sp³-hybridized carbons (Fsp3) is 0. The van der Waals surface area contributed by atoms with Crippen LogP contribution < -0.4 is 0 Å². The Balaban J connectivity index is 2.74. The lowest BCUT2D eigenvalue weighted by atomic mass is 10.1. The van der Waals surface area contributed by atoms with Gasteiger partial charge in [0.25, 0.3) is 0 Å². The fourth-order valence-corrected chi connectivity index (χ4v) is 1.71. The third-order valence-corrected chi connectivity index (χ3v) is 2.82. The smallest absolute Gasteiger partial charge is 0.227 e. The van der Waals surface area contributed by atoms with Crippen molar-refractivity contribution in [2.75, 3.05) is 0 Å². The molecule has 0 atom stereocenters. The van der Waals surface area contributed by atoms with Crippen LogP contribution in [-0.4, -0.2) is 17.1 Å². The molecule has 5 heteroatoms. The van der Waals surface area contributed by atoms with Crippen LogP contribution in [0.2, 0.25) is 10.0 Å². The Labute approximate surface area is 95.0 Å². The molecule has 0 bridgehead atoms. The van der Waals surface area contributed by atoms with Gasteiger partial charge < -0.3 is 4.98 Å². The van der Waals surface area contributed by atoms with E-state index in [0.717, 1.165) is 0 Å². The molecule has 2 rings (SSSR count). The second kappa shape index (κ2) is 3.68. The van der Waals surface area contributed by atoms with Gasteiger partial charge in [0.15, 0.2) is 6.29 Å². The van der Waals surface area contributed by atoms with Crippen molar-refractivity contribution in [1.29, 1.82) is 0 Å². The molecular formula is C10H5Cl2NO2. The summed E-state index contributed by atoms with van der Waals surface area (Å²) >= 11 is 11.6. The summed E-state index contributed by atoms with van der Waals surface area (Å²) in [6.07, 6.45) is 1.74. The van der Waals surface area contributed by atoms with Crippen LogP contribution in [0, 0.1) is 0 Å². The molecule has 0 unspecified atom stereocenters. The number of fused-ring (bicyclic) bond motifs is 1. The van der Waals surface area contributed by atoms with E-state index < -0.39 is 5.78 Å². The molecule has 1 heterocycles. The standard InChI is InChI=1S/C10H5Cl2NO2/c11-7-1-5-6(10(15)4-14)3-13-9(5)2-8(7)12/h1-4,13H. The first-order valence-electron chi connectivity index (χ1n) is 4.09. The number of aromatic amines is 1. The van der Waals surface area contributed by atoms with Gasteiger partial charge in [-0.3, -0.25) is 9.59 Å².